The van der Waals surface area contributed by atoms with E-state index in [4.69, 9.17) is 4.74 Å². The molecule has 0 saturated heterocycles. The van der Waals surface area contributed by atoms with E-state index in [0.717, 1.165) is 62.8 Å². The Bertz CT molecular complexity index is 371. The van der Waals surface area contributed by atoms with E-state index in [1.165, 1.54) is 6.42 Å². The zero-order chi connectivity index (χ0) is 14.6. The van der Waals surface area contributed by atoms with Gasteiger partial charge >= 0.3 is 0 Å². The number of nitrogens with one attached hydrogen (secondary N) is 2. The minimum Gasteiger partial charge on any atom is -0.381 e. The van der Waals surface area contributed by atoms with Crippen molar-refractivity contribution in [1.29, 1.82) is 0 Å². The summed E-state index contributed by atoms with van der Waals surface area (Å²) in [6, 6.07) is 0. The van der Waals surface area contributed by atoms with E-state index < -0.39 is 0 Å². The van der Waals surface area contributed by atoms with Crippen molar-refractivity contribution in [3.8, 4) is 0 Å². The molecule has 1 heterocycles. The first-order chi connectivity index (χ1) is 9.79. The molecule has 2 N–H and O–H groups in total. The van der Waals surface area contributed by atoms with Crippen molar-refractivity contribution in [2.24, 2.45) is 0 Å². The van der Waals surface area contributed by atoms with E-state index in [1.54, 1.807) is 6.33 Å². The Kier molecular flexibility index (Phi) is 8.71. The van der Waals surface area contributed by atoms with E-state index in [0.29, 0.717) is 0 Å². The highest BCUT2D eigenvalue weighted by Crippen LogP contribution is 2.17. The van der Waals surface area contributed by atoms with E-state index >= 15 is 0 Å². The van der Waals surface area contributed by atoms with E-state index in [-0.39, 0.29) is 0 Å². The number of nitrogens with zero attached hydrogens (tertiary/aromatic N) is 2. The molecule has 114 valence electrons. The van der Waals surface area contributed by atoms with Gasteiger partial charge in [-0.05, 0) is 26.2 Å². The summed E-state index contributed by atoms with van der Waals surface area (Å²) in [6.45, 7) is 9.83. The smallest absolute Gasteiger partial charge is 0.134 e. The van der Waals surface area contributed by atoms with E-state index in [1.807, 2.05) is 6.92 Å². The fourth-order valence-corrected chi connectivity index (χ4v) is 1.78. The van der Waals surface area contributed by atoms with Crippen LogP contribution in [0.2, 0.25) is 0 Å². The predicted molar refractivity (Wildman–Crippen MR) is 84.4 cm³/mol. The van der Waals surface area contributed by atoms with Crippen molar-refractivity contribution >= 4 is 11.6 Å². The highest BCUT2D eigenvalue weighted by atomic mass is 16.5. The van der Waals surface area contributed by atoms with Gasteiger partial charge in [-0.25, -0.2) is 9.97 Å². The summed E-state index contributed by atoms with van der Waals surface area (Å²) in [7, 11) is 0. The summed E-state index contributed by atoms with van der Waals surface area (Å²) in [5.74, 6) is 1.83. The summed E-state index contributed by atoms with van der Waals surface area (Å²) >= 11 is 0. The molecular weight excluding hydrogens is 252 g/mol. The molecule has 0 amide bonds. The van der Waals surface area contributed by atoms with Gasteiger partial charge in [-0.3, -0.25) is 0 Å². The molecule has 0 aliphatic rings. The number of anilines is 2. The third-order valence-electron chi connectivity index (χ3n) is 3.03. The topological polar surface area (TPSA) is 59.1 Å². The van der Waals surface area contributed by atoms with Crippen LogP contribution in [0.1, 0.15) is 45.1 Å². The third kappa shape index (κ3) is 6.19. The standard InChI is InChI=1S/C15H28N4O/c1-4-6-10-20-11-7-9-17-15-13(3)14(16-8-5-2)18-12-19-15/h12H,4-11H2,1-3H3,(H2,16,17,18,19). The van der Waals surface area contributed by atoms with Crippen molar-refractivity contribution in [1.82, 2.24) is 9.97 Å². The molecule has 0 aromatic carbocycles. The minimum atomic E-state index is 0.804. The number of rotatable bonds is 11. The van der Waals surface area contributed by atoms with Gasteiger partial charge in [0.15, 0.2) is 0 Å². The molecule has 0 bridgehead atoms. The Morgan fingerprint density at radius 3 is 2.25 bits per heavy atom. The van der Waals surface area contributed by atoms with Crippen LogP contribution in [0.3, 0.4) is 0 Å². The van der Waals surface area contributed by atoms with Gasteiger partial charge in [0.2, 0.25) is 0 Å². The molecule has 1 rings (SSSR count). The molecule has 0 aliphatic heterocycles. The number of ether oxygens (including phenoxy) is 1. The SMILES string of the molecule is CCCCOCCCNc1ncnc(NCCC)c1C. The highest BCUT2D eigenvalue weighted by Gasteiger charge is 2.05. The van der Waals surface area contributed by atoms with Gasteiger partial charge in [-0.15, -0.1) is 0 Å². The molecular formula is C15H28N4O. The van der Waals surface area contributed by atoms with Gasteiger partial charge in [0, 0.05) is 31.9 Å². The zero-order valence-electron chi connectivity index (χ0n) is 13.0. The number of aromatic nitrogens is 2. The second-order valence-corrected chi connectivity index (χ2v) is 4.87. The molecule has 0 atom stereocenters. The zero-order valence-corrected chi connectivity index (χ0v) is 13.0. The maximum Gasteiger partial charge on any atom is 0.134 e. The molecule has 5 nitrogen and oxygen atoms in total. The minimum absolute atomic E-state index is 0.804. The fraction of sp³-hybridized carbons (Fsp3) is 0.733. The Morgan fingerprint density at radius 2 is 1.60 bits per heavy atom. The first kappa shape index (κ1) is 16.7. The number of unbranched alkanes of at least 4 members (excludes halogenated alkanes) is 1. The first-order valence-electron chi connectivity index (χ1n) is 7.66. The highest BCUT2D eigenvalue weighted by molar-refractivity contribution is 5.56. The number of hydrogen-bond donors (Lipinski definition) is 2. The number of hydrogen-bond acceptors (Lipinski definition) is 5. The lowest BCUT2D eigenvalue weighted by molar-refractivity contribution is 0.131. The summed E-state index contributed by atoms with van der Waals surface area (Å²) in [5, 5.41) is 6.66. The molecule has 0 fully saturated rings. The van der Waals surface area contributed by atoms with Gasteiger partial charge < -0.3 is 15.4 Å². The van der Waals surface area contributed by atoms with E-state index in [9.17, 15) is 0 Å². The van der Waals surface area contributed by atoms with Crippen LogP contribution in [-0.4, -0.2) is 36.3 Å². The van der Waals surface area contributed by atoms with E-state index in [2.05, 4.69) is 34.4 Å². The monoisotopic (exact) mass is 280 g/mol. The summed E-state index contributed by atoms with van der Waals surface area (Å²) in [4.78, 5) is 8.56. The molecule has 20 heavy (non-hydrogen) atoms. The molecule has 0 saturated carbocycles. The van der Waals surface area contributed by atoms with Crippen LogP contribution in [0.4, 0.5) is 11.6 Å². The molecule has 1 aromatic rings. The van der Waals surface area contributed by atoms with Gasteiger partial charge in [-0.1, -0.05) is 20.3 Å². The molecule has 1 aromatic heterocycles. The Morgan fingerprint density at radius 1 is 0.950 bits per heavy atom. The lowest BCUT2D eigenvalue weighted by Crippen LogP contribution is -2.11. The molecule has 0 spiro atoms. The molecule has 0 radical (unpaired) electrons. The predicted octanol–water partition coefficient (Wildman–Crippen LogP) is 3.23. The van der Waals surface area contributed by atoms with Crippen LogP contribution >= 0.6 is 0 Å². The van der Waals surface area contributed by atoms with Gasteiger partial charge in [0.05, 0.1) is 0 Å². The average molecular weight is 280 g/mol. The lowest BCUT2D eigenvalue weighted by atomic mass is 10.3. The summed E-state index contributed by atoms with van der Waals surface area (Å²) in [6.07, 6.45) is 6.01. The summed E-state index contributed by atoms with van der Waals surface area (Å²) in [5.41, 5.74) is 1.08. The second kappa shape index (κ2) is 10.4. The van der Waals surface area contributed by atoms with Crippen molar-refractivity contribution in [2.75, 3.05) is 36.9 Å². The third-order valence-corrected chi connectivity index (χ3v) is 3.03. The van der Waals surface area contributed by atoms with Crippen LogP contribution < -0.4 is 10.6 Å². The Balaban J connectivity index is 2.29. The second-order valence-electron chi connectivity index (χ2n) is 4.87. The maximum atomic E-state index is 5.53. The van der Waals surface area contributed by atoms with Crippen LogP contribution in [-0.2, 0) is 4.74 Å². The van der Waals surface area contributed by atoms with Crippen molar-refractivity contribution in [3.63, 3.8) is 0 Å². The summed E-state index contributed by atoms with van der Waals surface area (Å²) < 4.78 is 5.53. The van der Waals surface area contributed by atoms with Crippen LogP contribution in [0.25, 0.3) is 0 Å². The van der Waals surface area contributed by atoms with Crippen LogP contribution in [0, 0.1) is 6.92 Å². The van der Waals surface area contributed by atoms with Gasteiger partial charge in [-0.2, -0.15) is 0 Å². The molecule has 5 heteroatoms. The first-order valence-corrected chi connectivity index (χ1v) is 7.66. The Labute approximate surface area is 122 Å². The van der Waals surface area contributed by atoms with Gasteiger partial charge in [0.1, 0.15) is 18.0 Å². The molecule has 0 unspecified atom stereocenters. The fourth-order valence-electron chi connectivity index (χ4n) is 1.78. The van der Waals surface area contributed by atoms with Gasteiger partial charge in [0.25, 0.3) is 0 Å². The normalized spacial score (nSPS) is 10.6. The van der Waals surface area contributed by atoms with Crippen molar-refractivity contribution in [2.45, 2.75) is 46.5 Å². The van der Waals surface area contributed by atoms with Crippen LogP contribution in [0.5, 0.6) is 0 Å². The largest absolute Gasteiger partial charge is 0.381 e. The lowest BCUT2D eigenvalue weighted by Gasteiger charge is -2.12. The van der Waals surface area contributed by atoms with Crippen molar-refractivity contribution in [3.05, 3.63) is 11.9 Å². The van der Waals surface area contributed by atoms with Crippen LogP contribution in [0.15, 0.2) is 6.33 Å². The maximum absolute atomic E-state index is 5.53. The Hall–Kier alpha value is -1.36. The van der Waals surface area contributed by atoms with Crippen molar-refractivity contribution < 1.29 is 4.74 Å². The average Bonchev–Trinajstić information content (AvgIpc) is 2.46. The molecule has 0 aliphatic carbocycles. The quantitative estimate of drug-likeness (QED) is 0.609.